The summed E-state index contributed by atoms with van der Waals surface area (Å²) in [6, 6.07) is 7.56. The van der Waals surface area contributed by atoms with Gasteiger partial charge in [-0.25, -0.2) is 0 Å². The fourth-order valence-corrected chi connectivity index (χ4v) is 3.59. The van der Waals surface area contributed by atoms with Gasteiger partial charge in [0, 0.05) is 18.1 Å². The number of rotatable bonds is 3. The number of nitrogens with zero attached hydrogens (tertiary/aromatic N) is 3. The van der Waals surface area contributed by atoms with Crippen molar-refractivity contribution < 1.29 is 22.8 Å². The molecule has 3 N–H and O–H groups in total. The highest BCUT2D eigenvalue weighted by Crippen LogP contribution is 2.33. The van der Waals surface area contributed by atoms with Gasteiger partial charge in [-0.1, -0.05) is 0 Å². The number of alkyl halides is 3. The maximum absolute atomic E-state index is 13.3. The van der Waals surface area contributed by atoms with Gasteiger partial charge in [-0.3, -0.25) is 14.6 Å². The van der Waals surface area contributed by atoms with Crippen LogP contribution in [0.15, 0.2) is 55.0 Å². The molecule has 3 heterocycles. The van der Waals surface area contributed by atoms with Crippen molar-refractivity contribution in [2.45, 2.75) is 19.3 Å². The summed E-state index contributed by atoms with van der Waals surface area (Å²) in [6.07, 6.45) is -0.498. The number of carbonyl (C=O) groups excluding carboxylic acids is 2. The lowest BCUT2D eigenvalue weighted by atomic mass is 10.1. The van der Waals surface area contributed by atoms with E-state index in [0.717, 1.165) is 12.1 Å². The lowest BCUT2D eigenvalue weighted by Crippen LogP contribution is -2.46. The second kappa shape index (κ2) is 7.55. The number of benzene rings is 1. The van der Waals surface area contributed by atoms with Crippen LogP contribution in [0.4, 0.5) is 24.5 Å². The first-order chi connectivity index (χ1) is 14.7. The Bertz CT molecular complexity index is 1140. The predicted molar refractivity (Wildman–Crippen MR) is 108 cm³/mol. The maximum atomic E-state index is 13.3. The van der Waals surface area contributed by atoms with Gasteiger partial charge >= 0.3 is 6.18 Å². The Kier molecular flexibility index (Phi) is 5.02. The summed E-state index contributed by atoms with van der Waals surface area (Å²) in [7, 11) is 0. The van der Waals surface area contributed by atoms with Crippen LogP contribution in [0, 0.1) is 6.92 Å². The van der Waals surface area contributed by atoms with Crippen LogP contribution in [0.5, 0.6) is 0 Å². The molecule has 0 radical (unpaired) electrons. The zero-order chi connectivity index (χ0) is 22.3. The van der Waals surface area contributed by atoms with Crippen molar-refractivity contribution in [2.75, 3.05) is 16.8 Å². The number of fused-ring (bicyclic) bond motifs is 1. The molecule has 1 aromatic carbocycles. The monoisotopic (exact) mass is 429 g/mol. The Labute approximate surface area is 175 Å². The molecule has 1 atom stereocenters. The number of amides is 2. The molecular weight excluding hydrogens is 411 g/mol. The van der Waals surface area contributed by atoms with Gasteiger partial charge in [0.05, 0.1) is 35.7 Å². The van der Waals surface area contributed by atoms with E-state index in [2.05, 4.69) is 10.3 Å². The van der Waals surface area contributed by atoms with Crippen LogP contribution in [-0.4, -0.2) is 27.9 Å². The lowest BCUT2D eigenvalue weighted by molar-refractivity contribution is -0.137. The molecule has 2 aromatic heterocycles. The van der Waals surface area contributed by atoms with Gasteiger partial charge in [0.25, 0.3) is 11.8 Å². The van der Waals surface area contributed by atoms with Crippen LogP contribution in [0.25, 0.3) is 0 Å². The Morgan fingerprint density at radius 1 is 1.23 bits per heavy atom. The van der Waals surface area contributed by atoms with Gasteiger partial charge in [-0.05, 0) is 48.9 Å². The number of aromatic nitrogens is 2. The summed E-state index contributed by atoms with van der Waals surface area (Å²) >= 11 is 0. The highest BCUT2D eigenvalue weighted by molar-refractivity contribution is 6.16. The summed E-state index contributed by atoms with van der Waals surface area (Å²) in [5.74, 6) is -1.03. The maximum Gasteiger partial charge on any atom is 0.416 e. The van der Waals surface area contributed by atoms with Crippen LogP contribution >= 0.6 is 0 Å². The number of hydrogen-bond donors (Lipinski definition) is 2. The molecule has 0 saturated carbocycles. The number of carbonyl (C=O) groups is 2. The van der Waals surface area contributed by atoms with Crippen molar-refractivity contribution in [2.24, 2.45) is 5.73 Å². The zero-order valence-electron chi connectivity index (χ0n) is 16.3. The molecule has 31 heavy (non-hydrogen) atoms. The Morgan fingerprint density at radius 3 is 2.55 bits per heavy atom. The smallest absolute Gasteiger partial charge is 0.325 e. The van der Waals surface area contributed by atoms with Crippen molar-refractivity contribution in [3.8, 4) is 0 Å². The highest BCUT2D eigenvalue weighted by Gasteiger charge is 2.36. The molecule has 0 aliphatic carbocycles. The van der Waals surface area contributed by atoms with E-state index < -0.39 is 29.7 Å². The number of nitrogens with two attached hydrogens (primary N) is 1. The van der Waals surface area contributed by atoms with Crippen LogP contribution in [-0.2, 0) is 6.18 Å². The van der Waals surface area contributed by atoms with E-state index in [4.69, 9.17) is 5.73 Å². The number of nitrogens with one attached hydrogen (secondary N) is 1. The minimum absolute atomic E-state index is 0.0506. The fourth-order valence-electron chi connectivity index (χ4n) is 3.59. The quantitative estimate of drug-likeness (QED) is 0.666. The SMILES string of the molecule is Cc1cn2c(c1C(=O)Nc1cccnc1)C(=O)N(c1ccc(C(F)(F)F)cc1)C[C@@H]2N. The largest absolute Gasteiger partial charge is 0.416 e. The molecule has 4 rings (SSSR count). The van der Waals surface area contributed by atoms with Crippen molar-refractivity contribution in [1.29, 1.82) is 0 Å². The zero-order valence-corrected chi connectivity index (χ0v) is 16.3. The molecule has 0 bridgehead atoms. The van der Waals surface area contributed by atoms with Gasteiger partial charge in [0.2, 0.25) is 0 Å². The minimum Gasteiger partial charge on any atom is -0.325 e. The van der Waals surface area contributed by atoms with Crippen molar-refractivity contribution >= 4 is 23.2 Å². The Morgan fingerprint density at radius 2 is 1.94 bits per heavy atom. The molecule has 0 saturated heterocycles. The highest BCUT2D eigenvalue weighted by atomic mass is 19.4. The summed E-state index contributed by atoms with van der Waals surface area (Å²) in [4.78, 5) is 31.4. The fraction of sp³-hybridized carbons (Fsp3) is 0.190. The van der Waals surface area contributed by atoms with E-state index in [1.54, 1.807) is 31.5 Å². The number of anilines is 2. The molecule has 1 aliphatic rings. The minimum atomic E-state index is -4.48. The molecule has 2 amide bonds. The van der Waals surface area contributed by atoms with E-state index in [1.807, 2.05) is 0 Å². The second-order valence-electron chi connectivity index (χ2n) is 7.17. The molecule has 1 aliphatic heterocycles. The van der Waals surface area contributed by atoms with E-state index in [0.29, 0.717) is 11.3 Å². The first kappa shape index (κ1) is 20.6. The van der Waals surface area contributed by atoms with Crippen molar-refractivity contribution in [3.05, 3.63) is 77.4 Å². The van der Waals surface area contributed by atoms with Gasteiger partial charge < -0.3 is 20.5 Å². The van der Waals surface area contributed by atoms with Gasteiger partial charge in [0.1, 0.15) is 5.69 Å². The first-order valence-electron chi connectivity index (χ1n) is 9.34. The van der Waals surface area contributed by atoms with Crippen LogP contribution < -0.4 is 16.0 Å². The van der Waals surface area contributed by atoms with Crippen molar-refractivity contribution in [3.63, 3.8) is 0 Å². The lowest BCUT2D eigenvalue weighted by Gasteiger charge is -2.33. The van der Waals surface area contributed by atoms with E-state index in [1.165, 1.54) is 27.8 Å². The van der Waals surface area contributed by atoms with E-state index >= 15 is 0 Å². The predicted octanol–water partition coefficient (Wildman–Crippen LogP) is 3.58. The molecule has 7 nitrogen and oxygen atoms in total. The Balaban J connectivity index is 1.70. The first-order valence-corrected chi connectivity index (χ1v) is 9.34. The van der Waals surface area contributed by atoms with Gasteiger partial charge in [-0.15, -0.1) is 0 Å². The molecule has 0 unspecified atom stereocenters. The van der Waals surface area contributed by atoms with Crippen LogP contribution in [0.2, 0.25) is 0 Å². The molecule has 160 valence electrons. The topological polar surface area (TPSA) is 93.2 Å². The Hall–Kier alpha value is -3.66. The van der Waals surface area contributed by atoms with E-state index in [9.17, 15) is 22.8 Å². The summed E-state index contributed by atoms with van der Waals surface area (Å²) in [5, 5.41) is 2.70. The van der Waals surface area contributed by atoms with Crippen LogP contribution in [0.3, 0.4) is 0 Å². The molecule has 10 heteroatoms. The van der Waals surface area contributed by atoms with Crippen LogP contribution in [0.1, 0.15) is 38.1 Å². The molecule has 3 aromatic rings. The van der Waals surface area contributed by atoms with Gasteiger partial charge in [0.15, 0.2) is 0 Å². The number of pyridine rings is 1. The standard InChI is InChI=1S/C21H18F3N5O2/c1-12-10-29-16(25)11-28(15-6-4-13(5-7-15)21(22,23)24)20(31)18(29)17(12)19(30)27-14-3-2-8-26-9-14/h2-10,16H,11,25H2,1H3,(H,27,30)/t16-/m1/s1. The normalized spacial score (nSPS) is 16.2. The third kappa shape index (κ3) is 3.77. The average molecular weight is 429 g/mol. The molecular formula is C21H18F3N5O2. The molecule has 0 fully saturated rings. The van der Waals surface area contributed by atoms with Crippen molar-refractivity contribution in [1.82, 2.24) is 9.55 Å². The average Bonchev–Trinajstić information content (AvgIpc) is 3.09. The summed E-state index contributed by atoms with van der Waals surface area (Å²) in [5.41, 5.74) is 6.90. The second-order valence-corrected chi connectivity index (χ2v) is 7.17. The molecule has 0 spiro atoms. The summed E-state index contributed by atoms with van der Waals surface area (Å²) in [6.45, 7) is 1.74. The third-order valence-corrected chi connectivity index (χ3v) is 5.05. The summed E-state index contributed by atoms with van der Waals surface area (Å²) < 4.78 is 40.1. The number of hydrogen-bond acceptors (Lipinski definition) is 4. The number of aryl methyl sites for hydroxylation is 1. The van der Waals surface area contributed by atoms with Gasteiger partial charge in [-0.2, -0.15) is 13.2 Å². The third-order valence-electron chi connectivity index (χ3n) is 5.05. The number of halogens is 3. The van der Waals surface area contributed by atoms with E-state index in [-0.39, 0.29) is 23.5 Å².